The Labute approximate surface area is 198 Å². The van der Waals surface area contributed by atoms with Crippen LogP contribution in [-0.4, -0.2) is 49.8 Å². The molecule has 2 saturated carbocycles. The van der Waals surface area contributed by atoms with Crippen molar-refractivity contribution < 1.29 is 22.4 Å². The van der Waals surface area contributed by atoms with Gasteiger partial charge in [0, 0.05) is 12.0 Å². The van der Waals surface area contributed by atoms with E-state index in [1.54, 1.807) is 7.11 Å². The summed E-state index contributed by atoms with van der Waals surface area (Å²) in [6.45, 7) is 1.96. The van der Waals surface area contributed by atoms with Crippen molar-refractivity contribution in [3.05, 3.63) is 29.8 Å². The second-order valence-corrected chi connectivity index (χ2v) is 11.4. The van der Waals surface area contributed by atoms with Crippen molar-refractivity contribution in [2.45, 2.75) is 94.3 Å². The van der Waals surface area contributed by atoms with Crippen molar-refractivity contribution in [1.82, 2.24) is 4.90 Å². The zero-order valence-corrected chi connectivity index (χ0v) is 20.7. The topological polar surface area (TPSA) is 102 Å². The Morgan fingerprint density at radius 3 is 2.18 bits per heavy atom. The van der Waals surface area contributed by atoms with Crippen LogP contribution in [0.5, 0.6) is 5.75 Å². The summed E-state index contributed by atoms with van der Waals surface area (Å²) >= 11 is 0. The molecule has 3 fully saturated rings. The number of ether oxygens (including phenoxy) is 1. The van der Waals surface area contributed by atoms with Crippen LogP contribution in [0, 0.1) is 5.92 Å². The summed E-state index contributed by atoms with van der Waals surface area (Å²) in [7, 11) is -2.55. The van der Waals surface area contributed by atoms with E-state index < -0.39 is 21.5 Å². The van der Waals surface area contributed by atoms with Crippen LogP contribution in [0.1, 0.15) is 88.7 Å². The molecule has 1 heterocycles. The van der Waals surface area contributed by atoms with Gasteiger partial charge in [0.25, 0.3) is 0 Å². The summed E-state index contributed by atoms with van der Waals surface area (Å²) in [5, 5.41) is 18.0. The number of piperidine rings is 1. The van der Waals surface area contributed by atoms with Crippen molar-refractivity contribution in [2.75, 3.05) is 20.2 Å². The van der Waals surface area contributed by atoms with Gasteiger partial charge in [-0.3, -0.25) is 4.90 Å². The average molecular weight is 481 g/mol. The lowest BCUT2D eigenvalue weighted by molar-refractivity contribution is -0.207. The first-order valence-corrected chi connectivity index (χ1v) is 14.1. The third-order valence-corrected chi connectivity index (χ3v) is 8.84. The maximum Gasteiger partial charge on any atom is 0.333 e. The lowest BCUT2D eigenvalue weighted by Gasteiger charge is -2.57. The first kappa shape index (κ1) is 24.9. The molecule has 0 spiro atoms. The molecule has 4 rings (SSSR count). The number of rotatable bonds is 7. The third kappa shape index (κ3) is 5.25. The van der Waals surface area contributed by atoms with E-state index in [1.165, 1.54) is 6.42 Å². The molecule has 3 atom stereocenters. The van der Waals surface area contributed by atoms with Crippen LogP contribution >= 0.6 is 0 Å². The maximum atomic E-state index is 12.5. The molecule has 7 nitrogen and oxygen atoms in total. The van der Waals surface area contributed by atoms with E-state index in [-0.39, 0.29) is 12.0 Å². The van der Waals surface area contributed by atoms with Crippen LogP contribution in [0.4, 0.5) is 0 Å². The van der Waals surface area contributed by atoms with E-state index in [9.17, 15) is 13.5 Å². The van der Waals surface area contributed by atoms with Gasteiger partial charge in [0.15, 0.2) is 0 Å². The van der Waals surface area contributed by atoms with Crippen LogP contribution in [0.25, 0.3) is 0 Å². The Morgan fingerprint density at radius 2 is 1.58 bits per heavy atom. The first-order valence-electron chi connectivity index (χ1n) is 12.6. The van der Waals surface area contributed by atoms with Gasteiger partial charge in [0.2, 0.25) is 0 Å². The molecule has 3 unspecified atom stereocenters. The first-order chi connectivity index (χ1) is 15.8. The Kier molecular flexibility index (Phi) is 7.70. The molecule has 3 N–H and O–H groups in total. The molecule has 0 amide bonds. The van der Waals surface area contributed by atoms with Crippen LogP contribution < -0.4 is 9.88 Å². The number of hydrogen-bond acceptors (Lipinski definition) is 6. The Morgan fingerprint density at radius 1 is 0.970 bits per heavy atom. The van der Waals surface area contributed by atoms with E-state index in [4.69, 9.17) is 14.1 Å². The molecule has 3 aliphatic rings. The standard InChI is InChI=1S/C25H40N2O5S/c1-31-21-13-11-20(12-14-21)23(27-18-8-3-9-19-27)22-10-4-7-17-25(22,28)24(32-33(26,29)30)15-5-2-6-16-24/h11-14,22-23,28H,2-10,15-19H2,1H3,(H2,26,29,30). The van der Waals surface area contributed by atoms with E-state index in [0.717, 1.165) is 75.8 Å². The third-order valence-electron chi connectivity index (χ3n) is 8.28. The van der Waals surface area contributed by atoms with Crippen molar-refractivity contribution >= 4 is 10.3 Å². The average Bonchev–Trinajstić information content (AvgIpc) is 2.81. The van der Waals surface area contributed by atoms with Crippen LogP contribution in [-0.2, 0) is 14.5 Å². The molecule has 0 aromatic heterocycles. The summed E-state index contributed by atoms with van der Waals surface area (Å²) in [5.41, 5.74) is -1.28. The van der Waals surface area contributed by atoms with Gasteiger partial charge in [-0.05, 0) is 69.3 Å². The molecular formula is C25H40N2O5S. The fourth-order valence-electron chi connectivity index (χ4n) is 6.80. The Balaban J connectivity index is 1.79. The molecule has 1 aromatic carbocycles. The normalized spacial score (nSPS) is 30.0. The summed E-state index contributed by atoms with van der Waals surface area (Å²) in [4.78, 5) is 2.50. The minimum absolute atomic E-state index is 0.00983. The van der Waals surface area contributed by atoms with Gasteiger partial charge in [-0.25, -0.2) is 9.32 Å². The zero-order valence-electron chi connectivity index (χ0n) is 19.9. The molecule has 2 aliphatic carbocycles. The van der Waals surface area contributed by atoms with Gasteiger partial charge in [-0.1, -0.05) is 50.7 Å². The number of aliphatic hydroxyl groups is 1. The zero-order chi connectivity index (χ0) is 23.5. The fourth-order valence-corrected chi connectivity index (χ4v) is 7.55. The molecule has 8 heteroatoms. The van der Waals surface area contributed by atoms with Gasteiger partial charge in [0.1, 0.15) is 11.4 Å². The Hall–Kier alpha value is -1.19. The summed E-state index contributed by atoms with van der Waals surface area (Å²) in [6.07, 6.45) is 10.5. The molecule has 1 aliphatic heterocycles. The van der Waals surface area contributed by atoms with Gasteiger partial charge in [-0.2, -0.15) is 8.42 Å². The number of nitrogens with two attached hydrogens (primary N) is 1. The van der Waals surface area contributed by atoms with E-state index in [0.29, 0.717) is 19.3 Å². The van der Waals surface area contributed by atoms with Crippen molar-refractivity contribution in [3.8, 4) is 5.75 Å². The van der Waals surface area contributed by atoms with E-state index >= 15 is 0 Å². The molecule has 1 aromatic rings. The van der Waals surface area contributed by atoms with Crippen LogP contribution in [0.15, 0.2) is 24.3 Å². The quantitative estimate of drug-likeness (QED) is 0.610. The highest BCUT2D eigenvalue weighted by Crippen LogP contribution is 2.55. The molecule has 1 saturated heterocycles. The van der Waals surface area contributed by atoms with Crippen molar-refractivity contribution in [2.24, 2.45) is 11.1 Å². The highest BCUT2D eigenvalue weighted by molar-refractivity contribution is 7.84. The predicted octanol–water partition coefficient (Wildman–Crippen LogP) is 4.07. The van der Waals surface area contributed by atoms with Crippen molar-refractivity contribution in [1.29, 1.82) is 0 Å². The SMILES string of the molecule is COc1ccc(C(C2CCCCC2(O)C2(OS(N)(=O)=O)CCCCC2)N2CCCCC2)cc1. The number of nitrogens with zero attached hydrogens (tertiary/aromatic N) is 1. The molecule has 186 valence electrons. The monoisotopic (exact) mass is 480 g/mol. The minimum atomic E-state index is -4.21. The fraction of sp³-hybridized carbons (Fsp3) is 0.760. The minimum Gasteiger partial charge on any atom is -0.497 e. The highest BCUT2D eigenvalue weighted by Gasteiger charge is 2.60. The van der Waals surface area contributed by atoms with Gasteiger partial charge in [0.05, 0.1) is 12.7 Å². The van der Waals surface area contributed by atoms with Crippen molar-refractivity contribution in [3.63, 3.8) is 0 Å². The van der Waals surface area contributed by atoms with E-state index in [1.807, 2.05) is 12.1 Å². The number of likely N-dealkylation sites (tertiary alicyclic amines) is 1. The summed E-state index contributed by atoms with van der Waals surface area (Å²) in [5.74, 6) is 0.661. The lowest BCUT2D eigenvalue weighted by atomic mass is 9.59. The molecule has 0 radical (unpaired) electrons. The maximum absolute atomic E-state index is 12.5. The smallest absolute Gasteiger partial charge is 0.333 e. The summed E-state index contributed by atoms with van der Waals surface area (Å²) in [6, 6.07) is 8.14. The number of hydrogen-bond donors (Lipinski definition) is 2. The van der Waals surface area contributed by atoms with E-state index in [2.05, 4.69) is 17.0 Å². The largest absolute Gasteiger partial charge is 0.497 e. The molecule has 33 heavy (non-hydrogen) atoms. The number of methoxy groups -OCH3 is 1. The van der Waals surface area contributed by atoms with Crippen LogP contribution in [0.3, 0.4) is 0 Å². The van der Waals surface area contributed by atoms with Gasteiger partial charge < -0.3 is 9.84 Å². The Bertz CT molecular complexity index is 879. The second kappa shape index (κ2) is 10.2. The molecule has 0 bridgehead atoms. The lowest BCUT2D eigenvalue weighted by Crippen LogP contribution is -2.65. The summed E-state index contributed by atoms with van der Waals surface area (Å²) < 4.78 is 35.6. The van der Waals surface area contributed by atoms with Crippen LogP contribution in [0.2, 0.25) is 0 Å². The van der Waals surface area contributed by atoms with Gasteiger partial charge >= 0.3 is 10.3 Å². The second-order valence-electron chi connectivity index (χ2n) is 10.2. The number of benzene rings is 1. The highest BCUT2D eigenvalue weighted by atomic mass is 32.2. The molecular weight excluding hydrogens is 440 g/mol. The van der Waals surface area contributed by atoms with Gasteiger partial charge in [-0.15, -0.1) is 0 Å². The predicted molar refractivity (Wildman–Crippen MR) is 128 cm³/mol.